The van der Waals surface area contributed by atoms with Gasteiger partial charge < -0.3 is 14.7 Å². The van der Waals surface area contributed by atoms with E-state index in [0.29, 0.717) is 23.2 Å². The van der Waals surface area contributed by atoms with Gasteiger partial charge in [-0.2, -0.15) is 0 Å². The highest BCUT2D eigenvalue weighted by atomic mass is 79.9. The molecule has 1 fully saturated rings. The van der Waals surface area contributed by atoms with Gasteiger partial charge in [0.05, 0.1) is 18.6 Å². The van der Waals surface area contributed by atoms with Gasteiger partial charge in [-0.3, -0.25) is 9.59 Å². The zero-order valence-corrected chi connectivity index (χ0v) is 13.0. The summed E-state index contributed by atoms with van der Waals surface area (Å²) in [6, 6.07) is 3.42. The number of halogens is 2. The number of hydrogen-bond acceptors (Lipinski definition) is 3. The van der Waals surface area contributed by atoms with Crippen LogP contribution in [-0.2, 0) is 14.3 Å². The van der Waals surface area contributed by atoms with E-state index in [-0.39, 0.29) is 12.3 Å². The summed E-state index contributed by atoms with van der Waals surface area (Å²) in [6.45, 7) is 0.612. The molecule has 2 unspecified atom stereocenters. The van der Waals surface area contributed by atoms with Crippen LogP contribution in [0.1, 0.15) is 18.0 Å². The molecule has 0 spiro atoms. The Morgan fingerprint density at radius 3 is 2.86 bits per heavy atom. The number of carboxylic acid groups (broad SMARTS) is 1. The summed E-state index contributed by atoms with van der Waals surface area (Å²) < 4.78 is 18.6. The predicted molar refractivity (Wildman–Crippen MR) is 76.2 cm³/mol. The number of carbonyl (C=O) groups excluding carboxylic acids is 1. The predicted octanol–water partition coefficient (Wildman–Crippen LogP) is 2.21. The van der Waals surface area contributed by atoms with Crippen LogP contribution in [0.3, 0.4) is 0 Å². The number of ether oxygens (including phenoxy) is 1. The van der Waals surface area contributed by atoms with Crippen LogP contribution in [-0.4, -0.2) is 42.1 Å². The molecule has 7 heteroatoms. The van der Waals surface area contributed by atoms with Crippen LogP contribution in [0.4, 0.5) is 4.39 Å². The first-order valence-electron chi connectivity index (χ1n) is 6.42. The lowest BCUT2D eigenvalue weighted by Gasteiger charge is -2.28. The Morgan fingerprint density at radius 1 is 1.57 bits per heavy atom. The molecule has 2 rings (SSSR count). The summed E-state index contributed by atoms with van der Waals surface area (Å²) in [7, 11) is 1.51. The quantitative estimate of drug-likeness (QED) is 0.875. The number of carbonyl (C=O) groups is 2. The number of rotatable bonds is 5. The van der Waals surface area contributed by atoms with E-state index >= 15 is 0 Å². The highest BCUT2D eigenvalue weighted by Gasteiger charge is 2.45. The molecule has 0 saturated carbocycles. The maximum atomic E-state index is 13.2. The van der Waals surface area contributed by atoms with Gasteiger partial charge in [0.25, 0.3) is 0 Å². The molecule has 1 aromatic rings. The number of likely N-dealkylation sites (tertiary alicyclic amines) is 1. The highest BCUT2D eigenvalue weighted by Crippen LogP contribution is 2.41. The van der Waals surface area contributed by atoms with Gasteiger partial charge in [0.2, 0.25) is 5.91 Å². The fraction of sp³-hybridized carbons (Fsp3) is 0.429. The van der Waals surface area contributed by atoms with Crippen LogP contribution < -0.4 is 0 Å². The number of hydrogen-bond donors (Lipinski definition) is 1. The molecule has 1 aliphatic rings. The number of amides is 1. The van der Waals surface area contributed by atoms with E-state index in [0.717, 1.165) is 0 Å². The van der Waals surface area contributed by atoms with Crippen LogP contribution in [0.5, 0.6) is 0 Å². The second kappa shape index (κ2) is 6.53. The van der Waals surface area contributed by atoms with E-state index in [2.05, 4.69) is 15.9 Å². The molecular weight excluding hydrogens is 345 g/mol. The maximum Gasteiger partial charge on any atom is 0.309 e. The third kappa shape index (κ3) is 3.24. The molecule has 114 valence electrons. The second-order valence-electron chi connectivity index (χ2n) is 4.84. The smallest absolute Gasteiger partial charge is 0.309 e. The summed E-state index contributed by atoms with van der Waals surface area (Å²) in [6.07, 6.45) is -0.0620. The molecule has 0 bridgehead atoms. The molecule has 5 nitrogen and oxygen atoms in total. The van der Waals surface area contributed by atoms with Crippen LogP contribution in [0.2, 0.25) is 0 Å². The van der Waals surface area contributed by atoms with Crippen LogP contribution in [0.25, 0.3) is 0 Å². The average Bonchev–Trinajstić information content (AvgIpc) is 2.74. The molecule has 1 amide bonds. The number of aliphatic carboxylic acids is 1. The van der Waals surface area contributed by atoms with Crippen molar-refractivity contribution in [3.05, 3.63) is 34.1 Å². The fourth-order valence-corrected chi connectivity index (χ4v) is 3.18. The molecule has 0 aliphatic carbocycles. The van der Waals surface area contributed by atoms with Crippen molar-refractivity contribution in [1.29, 1.82) is 0 Å². The van der Waals surface area contributed by atoms with Crippen molar-refractivity contribution >= 4 is 27.8 Å². The van der Waals surface area contributed by atoms with E-state index < -0.39 is 23.7 Å². The molecule has 1 aliphatic heterocycles. The Bertz CT molecular complexity index is 566. The van der Waals surface area contributed by atoms with Crippen molar-refractivity contribution in [2.24, 2.45) is 5.92 Å². The molecule has 0 aromatic heterocycles. The minimum atomic E-state index is -1.04. The molecule has 1 N–H and O–H groups in total. The largest absolute Gasteiger partial charge is 0.481 e. The van der Waals surface area contributed by atoms with Gasteiger partial charge in [-0.1, -0.05) is 22.0 Å². The Morgan fingerprint density at radius 2 is 2.29 bits per heavy atom. The molecule has 1 heterocycles. The van der Waals surface area contributed by atoms with E-state index in [9.17, 15) is 19.1 Å². The molecule has 2 atom stereocenters. The summed E-state index contributed by atoms with van der Waals surface area (Å²) >= 11 is 3.25. The highest BCUT2D eigenvalue weighted by molar-refractivity contribution is 9.10. The van der Waals surface area contributed by atoms with Crippen LogP contribution in [0, 0.1) is 11.7 Å². The zero-order chi connectivity index (χ0) is 15.6. The summed E-state index contributed by atoms with van der Waals surface area (Å²) in [4.78, 5) is 25.0. The van der Waals surface area contributed by atoms with Gasteiger partial charge in [-0.05, 0) is 17.7 Å². The van der Waals surface area contributed by atoms with E-state index in [1.54, 1.807) is 0 Å². The van der Waals surface area contributed by atoms with Crippen molar-refractivity contribution in [2.75, 3.05) is 20.3 Å². The first kappa shape index (κ1) is 15.9. The second-order valence-corrected chi connectivity index (χ2v) is 5.69. The number of benzene rings is 1. The maximum absolute atomic E-state index is 13.2. The fourth-order valence-electron chi connectivity index (χ4n) is 2.59. The van der Waals surface area contributed by atoms with Crippen molar-refractivity contribution < 1.29 is 23.8 Å². The number of methoxy groups -OCH3 is 1. The Balaban J connectivity index is 2.41. The Labute approximate surface area is 129 Å². The third-order valence-electron chi connectivity index (χ3n) is 3.57. The van der Waals surface area contributed by atoms with Crippen LogP contribution in [0.15, 0.2) is 22.7 Å². The number of carboxylic acids is 1. The van der Waals surface area contributed by atoms with Crippen molar-refractivity contribution in [3.63, 3.8) is 0 Å². The normalized spacial score (nSPS) is 21.9. The monoisotopic (exact) mass is 359 g/mol. The van der Waals surface area contributed by atoms with Crippen molar-refractivity contribution in [2.45, 2.75) is 12.5 Å². The summed E-state index contributed by atoms with van der Waals surface area (Å²) in [5.41, 5.74) is 0.589. The van der Waals surface area contributed by atoms with E-state index in [1.807, 2.05) is 0 Å². The minimum absolute atomic E-state index is 0.0620. The molecule has 1 aromatic carbocycles. The first-order chi connectivity index (χ1) is 9.95. The van der Waals surface area contributed by atoms with Gasteiger partial charge in [0.15, 0.2) is 0 Å². The lowest BCUT2D eigenvalue weighted by molar-refractivity contribution is -0.142. The lowest BCUT2D eigenvalue weighted by Crippen LogP contribution is -2.33. The van der Waals surface area contributed by atoms with Crippen molar-refractivity contribution in [1.82, 2.24) is 4.90 Å². The van der Waals surface area contributed by atoms with Gasteiger partial charge in [0, 0.05) is 24.5 Å². The van der Waals surface area contributed by atoms with Crippen molar-refractivity contribution in [3.8, 4) is 0 Å². The lowest BCUT2D eigenvalue weighted by atomic mass is 9.93. The minimum Gasteiger partial charge on any atom is -0.481 e. The Kier molecular flexibility index (Phi) is 4.95. The first-order valence-corrected chi connectivity index (χ1v) is 7.21. The van der Waals surface area contributed by atoms with Crippen LogP contribution >= 0.6 is 15.9 Å². The zero-order valence-electron chi connectivity index (χ0n) is 11.4. The molecule has 1 saturated heterocycles. The molecule has 21 heavy (non-hydrogen) atoms. The SMILES string of the molecule is COCCN1C(=O)CC(C(=O)O)C1c1ccc(F)cc1Br. The molecule has 0 radical (unpaired) electrons. The van der Waals surface area contributed by atoms with E-state index in [4.69, 9.17) is 4.74 Å². The van der Waals surface area contributed by atoms with Gasteiger partial charge in [-0.15, -0.1) is 0 Å². The third-order valence-corrected chi connectivity index (χ3v) is 4.25. The van der Waals surface area contributed by atoms with Gasteiger partial charge in [0.1, 0.15) is 5.82 Å². The molecular formula is C14H15BrFNO4. The van der Waals surface area contributed by atoms with Gasteiger partial charge in [-0.25, -0.2) is 4.39 Å². The topological polar surface area (TPSA) is 66.8 Å². The van der Waals surface area contributed by atoms with E-state index in [1.165, 1.54) is 30.2 Å². The standard InChI is InChI=1S/C14H15BrFNO4/c1-21-5-4-17-12(18)7-10(14(19)20)13(17)9-3-2-8(16)6-11(9)15/h2-3,6,10,13H,4-5,7H2,1H3,(H,19,20). The number of nitrogens with zero attached hydrogens (tertiary/aromatic N) is 1. The summed E-state index contributed by atoms with van der Waals surface area (Å²) in [5.74, 6) is -2.55. The van der Waals surface area contributed by atoms with Gasteiger partial charge >= 0.3 is 5.97 Å². The Hall–Kier alpha value is -1.47. The summed E-state index contributed by atoms with van der Waals surface area (Å²) in [5, 5.41) is 9.35. The average molecular weight is 360 g/mol.